The van der Waals surface area contributed by atoms with Crippen molar-refractivity contribution >= 4 is 18.1 Å². The van der Waals surface area contributed by atoms with Crippen LogP contribution in [-0.2, 0) is 20.1 Å². The van der Waals surface area contributed by atoms with Crippen LogP contribution in [0, 0.1) is 12.8 Å². The van der Waals surface area contributed by atoms with Gasteiger partial charge in [0.2, 0.25) is 0 Å². The summed E-state index contributed by atoms with van der Waals surface area (Å²) in [5.41, 5.74) is 3.31. The van der Waals surface area contributed by atoms with E-state index in [-0.39, 0.29) is 12.4 Å². The Hall–Kier alpha value is -1.49. The van der Waals surface area contributed by atoms with E-state index in [9.17, 15) is 0 Å². The average molecular weight is 284 g/mol. The SMILES string of the molecule is Cc1nn(CC(C)C)cc1NCc1cnn(C)c1.Cl. The Balaban J connectivity index is 0.00000180. The maximum absolute atomic E-state index is 4.50. The van der Waals surface area contributed by atoms with Crippen molar-refractivity contribution in [3.05, 3.63) is 29.8 Å². The molecule has 1 N–H and O–H groups in total. The predicted molar refractivity (Wildman–Crippen MR) is 79.6 cm³/mol. The molecule has 0 atom stereocenters. The molecular weight excluding hydrogens is 262 g/mol. The molecule has 0 unspecified atom stereocenters. The van der Waals surface area contributed by atoms with Crippen LogP contribution in [0.3, 0.4) is 0 Å². The van der Waals surface area contributed by atoms with E-state index >= 15 is 0 Å². The first-order valence-corrected chi connectivity index (χ1v) is 6.30. The summed E-state index contributed by atoms with van der Waals surface area (Å²) < 4.78 is 3.82. The van der Waals surface area contributed by atoms with Crippen LogP contribution >= 0.6 is 12.4 Å². The number of nitrogens with one attached hydrogen (secondary N) is 1. The largest absolute Gasteiger partial charge is 0.378 e. The number of aromatic nitrogens is 4. The van der Waals surface area contributed by atoms with Crippen LogP contribution in [0.25, 0.3) is 0 Å². The second-order valence-electron chi connectivity index (χ2n) is 5.12. The molecule has 0 saturated heterocycles. The van der Waals surface area contributed by atoms with Crippen molar-refractivity contribution in [2.45, 2.75) is 33.9 Å². The van der Waals surface area contributed by atoms with Crippen molar-refractivity contribution in [2.75, 3.05) is 5.32 Å². The van der Waals surface area contributed by atoms with Crippen molar-refractivity contribution in [1.29, 1.82) is 0 Å². The predicted octanol–water partition coefficient (Wildman–Crippen LogP) is 2.61. The number of rotatable bonds is 5. The topological polar surface area (TPSA) is 47.7 Å². The fourth-order valence-corrected chi connectivity index (χ4v) is 1.92. The van der Waals surface area contributed by atoms with Crippen LogP contribution < -0.4 is 5.32 Å². The van der Waals surface area contributed by atoms with Crippen LogP contribution in [0.5, 0.6) is 0 Å². The third kappa shape index (κ3) is 4.28. The quantitative estimate of drug-likeness (QED) is 0.918. The van der Waals surface area contributed by atoms with Gasteiger partial charge in [0.05, 0.1) is 17.6 Å². The lowest BCUT2D eigenvalue weighted by Gasteiger charge is -2.03. The molecule has 0 aromatic carbocycles. The zero-order valence-corrected chi connectivity index (χ0v) is 12.7. The van der Waals surface area contributed by atoms with Gasteiger partial charge >= 0.3 is 0 Å². The highest BCUT2D eigenvalue weighted by atomic mass is 35.5. The first-order valence-electron chi connectivity index (χ1n) is 6.30. The van der Waals surface area contributed by atoms with E-state index in [1.165, 1.54) is 5.56 Å². The fraction of sp³-hybridized carbons (Fsp3) is 0.538. The molecule has 0 aliphatic rings. The van der Waals surface area contributed by atoms with Crippen molar-refractivity contribution in [1.82, 2.24) is 19.6 Å². The van der Waals surface area contributed by atoms with Crippen LogP contribution in [-0.4, -0.2) is 19.6 Å². The molecule has 0 aliphatic heterocycles. The summed E-state index contributed by atoms with van der Waals surface area (Å²) in [5.74, 6) is 0.607. The third-order valence-corrected chi connectivity index (χ3v) is 2.74. The Labute approximate surface area is 120 Å². The standard InChI is InChI=1S/C13H21N5.ClH/c1-10(2)7-18-9-13(11(3)16-18)14-5-12-6-15-17(4)8-12;/h6,8-10,14H,5,7H2,1-4H3;1H. The minimum Gasteiger partial charge on any atom is -0.378 e. The summed E-state index contributed by atoms with van der Waals surface area (Å²) in [6.45, 7) is 8.15. The lowest BCUT2D eigenvalue weighted by molar-refractivity contribution is 0.481. The molecule has 5 nitrogen and oxygen atoms in total. The molecule has 2 aromatic heterocycles. The van der Waals surface area contributed by atoms with Gasteiger partial charge in [-0.05, 0) is 12.8 Å². The lowest BCUT2D eigenvalue weighted by atomic mass is 10.2. The summed E-state index contributed by atoms with van der Waals surface area (Å²) >= 11 is 0. The normalized spacial score (nSPS) is 10.6. The molecule has 2 aromatic rings. The second-order valence-corrected chi connectivity index (χ2v) is 5.12. The van der Waals surface area contributed by atoms with E-state index in [1.807, 2.05) is 35.7 Å². The van der Waals surface area contributed by atoms with E-state index in [1.54, 1.807) is 0 Å². The molecule has 0 bridgehead atoms. The Kier molecular flexibility index (Phi) is 5.42. The van der Waals surface area contributed by atoms with Gasteiger partial charge < -0.3 is 5.32 Å². The van der Waals surface area contributed by atoms with E-state index < -0.39 is 0 Å². The molecule has 0 spiro atoms. The van der Waals surface area contributed by atoms with Gasteiger partial charge in [0.1, 0.15) is 0 Å². The molecule has 2 rings (SSSR count). The molecule has 0 radical (unpaired) electrons. The first-order chi connectivity index (χ1) is 8.54. The summed E-state index contributed by atoms with van der Waals surface area (Å²) in [6.07, 6.45) is 5.97. The molecule has 0 amide bonds. The fourth-order valence-electron chi connectivity index (χ4n) is 1.92. The van der Waals surface area contributed by atoms with Crippen molar-refractivity contribution < 1.29 is 0 Å². The molecule has 0 fully saturated rings. The third-order valence-electron chi connectivity index (χ3n) is 2.74. The minimum atomic E-state index is 0. The Morgan fingerprint density at radius 3 is 2.63 bits per heavy atom. The van der Waals surface area contributed by atoms with Gasteiger partial charge in [-0.1, -0.05) is 13.8 Å². The molecule has 6 heteroatoms. The number of aryl methyl sites for hydroxylation is 2. The average Bonchev–Trinajstić information content (AvgIpc) is 2.82. The van der Waals surface area contributed by atoms with E-state index in [0.29, 0.717) is 5.92 Å². The molecular formula is C13H22ClN5. The van der Waals surface area contributed by atoms with Crippen LogP contribution in [0.1, 0.15) is 25.1 Å². The number of hydrogen-bond donors (Lipinski definition) is 1. The monoisotopic (exact) mass is 283 g/mol. The summed E-state index contributed by atoms with van der Waals surface area (Å²) in [4.78, 5) is 0. The van der Waals surface area contributed by atoms with Gasteiger partial charge in [-0.15, -0.1) is 12.4 Å². The van der Waals surface area contributed by atoms with Gasteiger partial charge in [-0.2, -0.15) is 10.2 Å². The zero-order chi connectivity index (χ0) is 13.1. The maximum Gasteiger partial charge on any atom is 0.0825 e. The number of halogens is 1. The Bertz CT molecular complexity index is 515. The summed E-state index contributed by atoms with van der Waals surface area (Å²) in [5, 5.41) is 12.1. The molecule has 106 valence electrons. The first kappa shape index (κ1) is 15.6. The summed E-state index contributed by atoms with van der Waals surface area (Å²) in [6, 6.07) is 0. The molecule has 19 heavy (non-hydrogen) atoms. The van der Waals surface area contributed by atoms with E-state index in [0.717, 1.165) is 24.5 Å². The van der Waals surface area contributed by atoms with Gasteiger partial charge in [0.25, 0.3) is 0 Å². The molecule has 2 heterocycles. The highest BCUT2D eigenvalue weighted by molar-refractivity contribution is 5.85. The van der Waals surface area contributed by atoms with Gasteiger partial charge in [0.15, 0.2) is 0 Å². The highest BCUT2D eigenvalue weighted by Gasteiger charge is 2.06. The lowest BCUT2D eigenvalue weighted by Crippen LogP contribution is -2.04. The Morgan fingerprint density at radius 1 is 1.32 bits per heavy atom. The van der Waals surface area contributed by atoms with Crippen molar-refractivity contribution in [2.24, 2.45) is 13.0 Å². The van der Waals surface area contributed by atoms with Crippen molar-refractivity contribution in [3.63, 3.8) is 0 Å². The van der Waals surface area contributed by atoms with Gasteiger partial charge in [0, 0.05) is 38.1 Å². The number of anilines is 1. The van der Waals surface area contributed by atoms with Gasteiger partial charge in [-0.25, -0.2) is 0 Å². The van der Waals surface area contributed by atoms with Gasteiger partial charge in [-0.3, -0.25) is 9.36 Å². The van der Waals surface area contributed by atoms with Crippen LogP contribution in [0.4, 0.5) is 5.69 Å². The minimum absolute atomic E-state index is 0. The number of nitrogens with zero attached hydrogens (tertiary/aromatic N) is 4. The van der Waals surface area contributed by atoms with Crippen LogP contribution in [0.15, 0.2) is 18.6 Å². The smallest absolute Gasteiger partial charge is 0.0825 e. The highest BCUT2D eigenvalue weighted by Crippen LogP contribution is 2.14. The molecule has 0 aliphatic carbocycles. The zero-order valence-electron chi connectivity index (χ0n) is 11.9. The van der Waals surface area contributed by atoms with Crippen molar-refractivity contribution in [3.8, 4) is 0 Å². The number of hydrogen-bond acceptors (Lipinski definition) is 3. The maximum atomic E-state index is 4.50. The van der Waals surface area contributed by atoms with E-state index in [2.05, 4.69) is 35.6 Å². The molecule has 0 saturated carbocycles. The Morgan fingerprint density at radius 2 is 2.05 bits per heavy atom. The van der Waals surface area contributed by atoms with Crippen LogP contribution in [0.2, 0.25) is 0 Å². The second kappa shape index (κ2) is 6.61. The van der Waals surface area contributed by atoms with E-state index in [4.69, 9.17) is 0 Å². The summed E-state index contributed by atoms with van der Waals surface area (Å²) in [7, 11) is 1.93.